The summed E-state index contributed by atoms with van der Waals surface area (Å²) < 4.78 is 0. The molecule has 1 nitrogen and oxygen atoms in total. The molecule has 0 aliphatic heterocycles. The summed E-state index contributed by atoms with van der Waals surface area (Å²) in [6.45, 7) is 2.19. The maximum Gasteiger partial charge on any atom is 0.0346 e. The van der Waals surface area contributed by atoms with E-state index in [-0.39, 0.29) is 0 Å². The predicted octanol–water partition coefficient (Wildman–Crippen LogP) is 4.85. The lowest BCUT2D eigenvalue weighted by Gasteiger charge is -2.10. The first-order valence-corrected chi connectivity index (χ1v) is 6.49. The van der Waals surface area contributed by atoms with Gasteiger partial charge in [0.1, 0.15) is 0 Å². The summed E-state index contributed by atoms with van der Waals surface area (Å²) in [6, 6.07) is 17.3. The van der Waals surface area contributed by atoms with Gasteiger partial charge in [-0.2, -0.15) is 0 Å². The molecule has 0 unspecified atom stereocenters. The Morgan fingerprint density at radius 1 is 0.789 bits per heavy atom. The topological polar surface area (TPSA) is 12.9 Å². The predicted molar refractivity (Wildman–Crippen MR) is 81.5 cm³/mol. The molecule has 1 heterocycles. The molecule has 0 radical (unpaired) electrons. The van der Waals surface area contributed by atoms with Crippen molar-refractivity contribution < 1.29 is 0 Å². The zero-order valence-corrected chi connectivity index (χ0v) is 10.7. The largest absolute Gasteiger partial charge is 0.264 e. The number of hydrogen-bond acceptors (Lipinski definition) is 1. The summed E-state index contributed by atoms with van der Waals surface area (Å²) in [6.07, 6.45) is 3.81. The molecule has 0 aliphatic carbocycles. The van der Waals surface area contributed by atoms with Crippen LogP contribution in [0.1, 0.15) is 5.56 Å². The lowest BCUT2D eigenvalue weighted by atomic mass is 9.94. The van der Waals surface area contributed by atoms with E-state index in [0.717, 1.165) is 0 Å². The van der Waals surface area contributed by atoms with Gasteiger partial charge in [0, 0.05) is 17.8 Å². The normalized spacial score (nSPS) is 11.4. The van der Waals surface area contributed by atoms with E-state index in [1.165, 1.54) is 37.9 Å². The molecule has 1 aromatic heterocycles. The number of aryl methyl sites for hydroxylation is 1. The minimum absolute atomic E-state index is 1.20. The van der Waals surface area contributed by atoms with Crippen molar-refractivity contribution in [3.8, 4) is 0 Å². The van der Waals surface area contributed by atoms with Crippen LogP contribution in [0.4, 0.5) is 0 Å². The van der Waals surface area contributed by atoms with Crippen LogP contribution in [0.5, 0.6) is 0 Å². The fourth-order valence-corrected chi connectivity index (χ4v) is 2.99. The maximum atomic E-state index is 4.21. The number of pyridine rings is 1. The molecular weight excluding hydrogens is 230 g/mol. The zero-order chi connectivity index (χ0) is 12.8. The van der Waals surface area contributed by atoms with Crippen LogP contribution >= 0.6 is 0 Å². The van der Waals surface area contributed by atoms with E-state index >= 15 is 0 Å². The van der Waals surface area contributed by atoms with E-state index in [0.29, 0.717) is 0 Å². The SMILES string of the molecule is Cc1cc2ccccc2c2ccc3cnccc3c12. The van der Waals surface area contributed by atoms with Gasteiger partial charge in [-0.3, -0.25) is 4.98 Å². The third kappa shape index (κ3) is 1.45. The van der Waals surface area contributed by atoms with Crippen LogP contribution < -0.4 is 0 Å². The highest BCUT2D eigenvalue weighted by molar-refractivity contribution is 6.18. The van der Waals surface area contributed by atoms with E-state index in [1.807, 2.05) is 12.4 Å². The van der Waals surface area contributed by atoms with Crippen molar-refractivity contribution in [2.75, 3.05) is 0 Å². The van der Waals surface area contributed by atoms with Crippen LogP contribution in [0, 0.1) is 6.92 Å². The van der Waals surface area contributed by atoms with Crippen LogP contribution in [0.25, 0.3) is 32.3 Å². The first kappa shape index (κ1) is 10.5. The van der Waals surface area contributed by atoms with Gasteiger partial charge in [0.25, 0.3) is 0 Å². The minimum Gasteiger partial charge on any atom is -0.264 e. The summed E-state index contributed by atoms with van der Waals surface area (Å²) >= 11 is 0. The fraction of sp³-hybridized carbons (Fsp3) is 0.0556. The van der Waals surface area contributed by atoms with Gasteiger partial charge in [0.05, 0.1) is 0 Å². The Morgan fingerprint density at radius 2 is 1.68 bits per heavy atom. The van der Waals surface area contributed by atoms with Crippen molar-refractivity contribution in [1.29, 1.82) is 0 Å². The summed E-state index contributed by atoms with van der Waals surface area (Å²) in [5, 5.41) is 7.79. The second-order valence-electron chi connectivity index (χ2n) is 5.00. The van der Waals surface area contributed by atoms with Gasteiger partial charge in [-0.05, 0) is 45.5 Å². The molecule has 0 N–H and O–H groups in total. The molecule has 0 saturated carbocycles. The number of hydrogen-bond donors (Lipinski definition) is 0. The molecule has 0 amide bonds. The first-order valence-electron chi connectivity index (χ1n) is 6.49. The first-order chi connectivity index (χ1) is 9.34. The van der Waals surface area contributed by atoms with Crippen molar-refractivity contribution >= 4 is 32.3 Å². The molecule has 19 heavy (non-hydrogen) atoms. The van der Waals surface area contributed by atoms with Crippen molar-refractivity contribution in [3.63, 3.8) is 0 Å². The third-order valence-corrected chi connectivity index (χ3v) is 3.84. The van der Waals surface area contributed by atoms with Gasteiger partial charge in [0.15, 0.2) is 0 Å². The van der Waals surface area contributed by atoms with Gasteiger partial charge < -0.3 is 0 Å². The van der Waals surface area contributed by atoms with Gasteiger partial charge in [-0.15, -0.1) is 0 Å². The molecular formula is C18H13N. The number of aromatic nitrogens is 1. The monoisotopic (exact) mass is 243 g/mol. The van der Waals surface area contributed by atoms with E-state index in [1.54, 1.807) is 0 Å². The highest BCUT2D eigenvalue weighted by Gasteiger charge is 2.07. The standard InChI is InChI=1S/C18H13N/c1-12-10-13-4-2-3-5-15(13)17-7-6-14-11-19-9-8-16(14)18(12)17/h2-11H,1H3. The molecule has 0 bridgehead atoms. The molecule has 4 aromatic rings. The Morgan fingerprint density at radius 3 is 2.63 bits per heavy atom. The molecule has 3 aromatic carbocycles. The summed E-state index contributed by atoms with van der Waals surface area (Å²) in [7, 11) is 0. The van der Waals surface area contributed by atoms with Crippen molar-refractivity contribution in [3.05, 3.63) is 66.5 Å². The molecule has 1 heteroatoms. The van der Waals surface area contributed by atoms with Crippen LogP contribution in [-0.4, -0.2) is 4.98 Å². The quantitative estimate of drug-likeness (QED) is 0.402. The lowest BCUT2D eigenvalue weighted by molar-refractivity contribution is 1.37. The molecule has 4 rings (SSSR count). The summed E-state index contributed by atoms with van der Waals surface area (Å²) in [5.74, 6) is 0. The minimum atomic E-state index is 1.20. The number of benzene rings is 3. The highest BCUT2D eigenvalue weighted by Crippen LogP contribution is 2.33. The molecule has 90 valence electrons. The molecule has 0 fully saturated rings. The fourth-order valence-electron chi connectivity index (χ4n) is 2.99. The molecule has 0 atom stereocenters. The maximum absolute atomic E-state index is 4.21. The summed E-state index contributed by atoms with van der Waals surface area (Å²) in [4.78, 5) is 4.21. The van der Waals surface area contributed by atoms with Crippen LogP contribution in [0.3, 0.4) is 0 Å². The molecule has 0 aliphatic rings. The van der Waals surface area contributed by atoms with Crippen molar-refractivity contribution in [2.24, 2.45) is 0 Å². The Balaban J connectivity index is 2.35. The van der Waals surface area contributed by atoms with Crippen molar-refractivity contribution in [1.82, 2.24) is 4.98 Å². The second-order valence-corrected chi connectivity index (χ2v) is 5.00. The number of rotatable bonds is 0. The van der Waals surface area contributed by atoms with Gasteiger partial charge in [0.2, 0.25) is 0 Å². The van der Waals surface area contributed by atoms with Gasteiger partial charge in [-0.1, -0.05) is 42.5 Å². The Kier molecular flexibility index (Phi) is 2.10. The van der Waals surface area contributed by atoms with E-state index in [2.05, 4.69) is 60.4 Å². The Labute approximate surface area is 111 Å². The smallest absolute Gasteiger partial charge is 0.0346 e. The lowest BCUT2D eigenvalue weighted by Crippen LogP contribution is -1.85. The molecule has 0 saturated heterocycles. The van der Waals surface area contributed by atoms with Crippen molar-refractivity contribution in [2.45, 2.75) is 6.92 Å². The van der Waals surface area contributed by atoms with Crippen LogP contribution in [0.2, 0.25) is 0 Å². The Bertz CT molecular complexity index is 922. The van der Waals surface area contributed by atoms with E-state index < -0.39 is 0 Å². The second kappa shape index (κ2) is 3.79. The van der Waals surface area contributed by atoms with E-state index in [4.69, 9.17) is 0 Å². The van der Waals surface area contributed by atoms with Gasteiger partial charge >= 0.3 is 0 Å². The Hall–Kier alpha value is -2.41. The third-order valence-electron chi connectivity index (χ3n) is 3.84. The van der Waals surface area contributed by atoms with Crippen LogP contribution in [-0.2, 0) is 0 Å². The highest BCUT2D eigenvalue weighted by atomic mass is 14.6. The van der Waals surface area contributed by atoms with E-state index in [9.17, 15) is 0 Å². The average Bonchev–Trinajstić information content (AvgIpc) is 2.46. The zero-order valence-electron chi connectivity index (χ0n) is 10.7. The number of fused-ring (bicyclic) bond motifs is 5. The van der Waals surface area contributed by atoms with Crippen LogP contribution in [0.15, 0.2) is 60.9 Å². The average molecular weight is 243 g/mol. The summed E-state index contributed by atoms with van der Waals surface area (Å²) in [5.41, 5.74) is 1.32. The van der Waals surface area contributed by atoms with Gasteiger partial charge in [-0.25, -0.2) is 0 Å². The number of nitrogens with zero attached hydrogens (tertiary/aromatic N) is 1. The molecule has 0 spiro atoms.